The van der Waals surface area contributed by atoms with Gasteiger partial charge in [0.25, 0.3) is 5.91 Å². The summed E-state index contributed by atoms with van der Waals surface area (Å²) in [4.78, 5) is 12.8. The van der Waals surface area contributed by atoms with Crippen LogP contribution in [0.15, 0.2) is 41.3 Å². The van der Waals surface area contributed by atoms with E-state index in [1.807, 2.05) is 0 Å². The van der Waals surface area contributed by atoms with Crippen LogP contribution in [0.4, 0.5) is 5.69 Å². The van der Waals surface area contributed by atoms with Gasteiger partial charge >= 0.3 is 0 Å². The van der Waals surface area contributed by atoms with Crippen molar-refractivity contribution >= 4 is 44.8 Å². The van der Waals surface area contributed by atoms with Crippen LogP contribution in [0.25, 0.3) is 0 Å². The zero-order valence-electron chi connectivity index (χ0n) is 14.9. The second-order valence-electron chi connectivity index (χ2n) is 5.93. The first kappa shape index (κ1) is 20.9. The summed E-state index contributed by atoms with van der Waals surface area (Å²) in [5.74, 6) is -0.368. The Morgan fingerprint density at radius 3 is 2.39 bits per heavy atom. The summed E-state index contributed by atoms with van der Waals surface area (Å²) in [6.45, 7) is 1.16. The van der Waals surface area contributed by atoms with Crippen molar-refractivity contribution < 1.29 is 22.7 Å². The lowest BCUT2D eigenvalue weighted by molar-refractivity contribution is 0.0730. The molecule has 28 heavy (non-hydrogen) atoms. The number of rotatable bonds is 5. The third kappa shape index (κ3) is 4.26. The van der Waals surface area contributed by atoms with Crippen molar-refractivity contribution in [3.05, 3.63) is 52.0 Å². The van der Waals surface area contributed by atoms with Gasteiger partial charge in [-0.25, -0.2) is 8.42 Å². The van der Waals surface area contributed by atoms with Gasteiger partial charge in [-0.15, -0.1) is 0 Å². The van der Waals surface area contributed by atoms with Crippen molar-refractivity contribution in [2.75, 3.05) is 38.7 Å². The number of ether oxygens (including phenoxy) is 2. The van der Waals surface area contributed by atoms with Crippen LogP contribution in [0.1, 0.15) is 10.4 Å². The molecule has 0 atom stereocenters. The number of hydrogen-bond acceptors (Lipinski definition) is 5. The smallest absolute Gasteiger partial charge is 0.259 e. The fourth-order valence-electron chi connectivity index (χ4n) is 2.76. The Hall–Kier alpha value is -1.84. The highest BCUT2D eigenvalue weighted by molar-refractivity contribution is 7.89. The Kier molecular flexibility index (Phi) is 6.47. The van der Waals surface area contributed by atoms with Crippen LogP contribution < -0.4 is 10.1 Å². The first-order valence-electron chi connectivity index (χ1n) is 8.36. The molecule has 0 saturated carbocycles. The van der Waals surface area contributed by atoms with E-state index in [4.69, 9.17) is 32.7 Å². The second kappa shape index (κ2) is 8.67. The average Bonchev–Trinajstić information content (AvgIpc) is 2.70. The molecule has 3 rings (SSSR count). The maximum Gasteiger partial charge on any atom is 0.259 e. The van der Waals surface area contributed by atoms with Crippen LogP contribution in [-0.4, -0.2) is 52.0 Å². The highest BCUT2D eigenvalue weighted by atomic mass is 35.5. The number of nitrogens with one attached hydrogen (secondary N) is 1. The predicted molar refractivity (Wildman–Crippen MR) is 107 cm³/mol. The molecule has 2 aromatic rings. The minimum Gasteiger partial charge on any atom is -0.496 e. The minimum atomic E-state index is -3.77. The minimum absolute atomic E-state index is 0.00870. The number of amides is 1. The molecular weight excluding hydrogens is 427 g/mol. The molecule has 1 fully saturated rings. The second-order valence-corrected chi connectivity index (χ2v) is 8.68. The zero-order chi connectivity index (χ0) is 20.3. The van der Waals surface area contributed by atoms with Crippen LogP contribution in [-0.2, 0) is 14.8 Å². The van der Waals surface area contributed by atoms with Crippen LogP contribution in [0, 0.1) is 0 Å². The molecule has 0 spiro atoms. The Balaban J connectivity index is 1.96. The van der Waals surface area contributed by atoms with Gasteiger partial charge in [-0.05, 0) is 30.3 Å². The van der Waals surface area contributed by atoms with E-state index in [1.54, 1.807) is 18.2 Å². The number of methoxy groups -OCH3 is 1. The van der Waals surface area contributed by atoms with E-state index in [-0.39, 0.29) is 45.0 Å². The van der Waals surface area contributed by atoms with Crippen molar-refractivity contribution in [1.29, 1.82) is 0 Å². The molecule has 7 nitrogen and oxygen atoms in total. The Morgan fingerprint density at radius 1 is 1.14 bits per heavy atom. The van der Waals surface area contributed by atoms with Gasteiger partial charge in [0, 0.05) is 13.1 Å². The van der Waals surface area contributed by atoms with E-state index in [1.165, 1.54) is 29.6 Å². The molecule has 1 saturated heterocycles. The van der Waals surface area contributed by atoms with Crippen LogP contribution >= 0.6 is 23.2 Å². The summed E-state index contributed by atoms with van der Waals surface area (Å²) in [6.07, 6.45) is 0. The number of carbonyl (C=O) groups is 1. The van der Waals surface area contributed by atoms with E-state index in [0.29, 0.717) is 13.2 Å². The number of nitrogens with zero attached hydrogens (tertiary/aromatic N) is 1. The van der Waals surface area contributed by atoms with Gasteiger partial charge in [-0.2, -0.15) is 4.31 Å². The molecule has 1 aliphatic rings. The highest BCUT2D eigenvalue weighted by Crippen LogP contribution is 2.32. The number of halogens is 2. The topological polar surface area (TPSA) is 84.9 Å². The highest BCUT2D eigenvalue weighted by Gasteiger charge is 2.28. The maximum atomic E-state index is 12.9. The molecule has 1 amide bonds. The number of anilines is 1. The molecule has 0 unspecified atom stereocenters. The molecule has 0 aliphatic carbocycles. The standard InChI is InChI=1S/C18H18Cl2N2O5S/c1-26-16-6-5-12(28(24,25)22-7-9-27-10-8-22)11-13(16)18(23)21-17-14(19)3-2-4-15(17)20/h2-6,11H,7-10H2,1H3,(H,21,23). The molecule has 0 radical (unpaired) electrons. The van der Waals surface area contributed by atoms with E-state index in [9.17, 15) is 13.2 Å². The van der Waals surface area contributed by atoms with Gasteiger partial charge in [-0.1, -0.05) is 29.3 Å². The fraction of sp³-hybridized carbons (Fsp3) is 0.278. The maximum absolute atomic E-state index is 12.9. The molecule has 10 heteroatoms. The van der Waals surface area contributed by atoms with Gasteiger partial charge in [0.05, 0.1) is 46.5 Å². The number of carbonyl (C=O) groups excluding carboxylic acids is 1. The molecule has 1 aliphatic heterocycles. The monoisotopic (exact) mass is 444 g/mol. The fourth-order valence-corrected chi connectivity index (χ4v) is 4.69. The van der Waals surface area contributed by atoms with Gasteiger partial charge in [0.1, 0.15) is 5.75 Å². The Morgan fingerprint density at radius 2 is 1.79 bits per heavy atom. The van der Waals surface area contributed by atoms with Gasteiger partial charge in [0.15, 0.2) is 0 Å². The molecule has 1 N–H and O–H groups in total. The van der Waals surface area contributed by atoms with Crippen molar-refractivity contribution in [3.63, 3.8) is 0 Å². The number of benzene rings is 2. The van der Waals surface area contributed by atoms with Crippen molar-refractivity contribution in [2.45, 2.75) is 4.90 Å². The lowest BCUT2D eigenvalue weighted by atomic mass is 10.2. The van der Waals surface area contributed by atoms with E-state index in [0.717, 1.165) is 0 Å². The first-order valence-corrected chi connectivity index (χ1v) is 10.6. The lowest BCUT2D eigenvalue weighted by Crippen LogP contribution is -2.40. The third-order valence-electron chi connectivity index (χ3n) is 4.22. The molecule has 2 aromatic carbocycles. The number of hydrogen-bond donors (Lipinski definition) is 1. The summed E-state index contributed by atoms with van der Waals surface area (Å²) < 4.78 is 37.5. The quantitative estimate of drug-likeness (QED) is 0.764. The largest absolute Gasteiger partial charge is 0.496 e. The van der Waals surface area contributed by atoms with Crippen molar-refractivity contribution in [3.8, 4) is 5.75 Å². The van der Waals surface area contributed by atoms with Gasteiger partial charge < -0.3 is 14.8 Å². The first-order chi connectivity index (χ1) is 13.3. The zero-order valence-corrected chi connectivity index (χ0v) is 17.3. The van der Waals surface area contributed by atoms with Crippen LogP contribution in [0.5, 0.6) is 5.75 Å². The molecular formula is C18H18Cl2N2O5S. The summed E-state index contributed by atoms with van der Waals surface area (Å²) in [5.41, 5.74) is 0.284. The lowest BCUT2D eigenvalue weighted by Gasteiger charge is -2.26. The molecule has 0 bridgehead atoms. The Labute approximate surface area is 173 Å². The summed E-state index contributed by atoms with van der Waals surface area (Å²) >= 11 is 12.2. The SMILES string of the molecule is COc1ccc(S(=O)(=O)N2CCOCC2)cc1C(=O)Nc1c(Cl)cccc1Cl. The molecule has 150 valence electrons. The number of para-hydroxylation sites is 1. The third-order valence-corrected chi connectivity index (χ3v) is 6.75. The van der Waals surface area contributed by atoms with Crippen molar-refractivity contribution in [2.24, 2.45) is 0 Å². The van der Waals surface area contributed by atoms with Crippen LogP contribution in [0.2, 0.25) is 10.0 Å². The Bertz CT molecular complexity index is 971. The molecule has 1 heterocycles. The van der Waals surface area contributed by atoms with Gasteiger partial charge in [0.2, 0.25) is 10.0 Å². The number of morpholine rings is 1. The van der Waals surface area contributed by atoms with Crippen LogP contribution in [0.3, 0.4) is 0 Å². The molecule has 0 aromatic heterocycles. The van der Waals surface area contributed by atoms with Gasteiger partial charge in [-0.3, -0.25) is 4.79 Å². The van der Waals surface area contributed by atoms with E-state index < -0.39 is 15.9 Å². The van der Waals surface area contributed by atoms with E-state index in [2.05, 4.69) is 5.32 Å². The van der Waals surface area contributed by atoms with E-state index >= 15 is 0 Å². The summed E-state index contributed by atoms with van der Waals surface area (Å²) in [5, 5.41) is 3.14. The summed E-state index contributed by atoms with van der Waals surface area (Å²) in [7, 11) is -2.37. The average molecular weight is 445 g/mol. The normalized spacial score (nSPS) is 15.2. The van der Waals surface area contributed by atoms with Crippen molar-refractivity contribution in [1.82, 2.24) is 4.31 Å². The number of sulfonamides is 1. The predicted octanol–water partition coefficient (Wildman–Crippen LogP) is 3.28. The summed E-state index contributed by atoms with van der Waals surface area (Å²) in [6, 6.07) is 8.94.